The summed E-state index contributed by atoms with van der Waals surface area (Å²) in [7, 11) is 0. The highest BCUT2D eigenvalue weighted by molar-refractivity contribution is 6.32. The topological polar surface area (TPSA) is 56.1 Å². The molecule has 1 N–H and O–H groups in total. The Hall–Kier alpha value is -2.79. The second-order valence-electron chi connectivity index (χ2n) is 5.40. The largest absolute Gasteiger partial charge is 0.490 e. The lowest BCUT2D eigenvalue weighted by molar-refractivity contribution is 0.102. The summed E-state index contributed by atoms with van der Waals surface area (Å²) in [5.74, 6) is 0.268. The van der Waals surface area contributed by atoms with Crippen molar-refractivity contribution in [3.8, 4) is 5.75 Å². The Morgan fingerprint density at radius 3 is 2.68 bits per heavy atom. The number of carbonyl (C=O) groups is 1. The van der Waals surface area contributed by atoms with Crippen molar-refractivity contribution in [1.29, 1.82) is 0 Å². The van der Waals surface area contributed by atoms with E-state index in [0.717, 1.165) is 5.56 Å². The van der Waals surface area contributed by atoms with Crippen molar-refractivity contribution < 1.29 is 9.53 Å². The molecule has 0 fully saturated rings. The summed E-state index contributed by atoms with van der Waals surface area (Å²) in [4.78, 5) is 12.5. The van der Waals surface area contributed by atoms with Gasteiger partial charge in [-0.3, -0.25) is 9.48 Å². The number of rotatable bonds is 6. The lowest BCUT2D eigenvalue weighted by Crippen LogP contribution is -2.13. The van der Waals surface area contributed by atoms with Gasteiger partial charge < -0.3 is 10.1 Å². The van der Waals surface area contributed by atoms with Crippen LogP contribution in [0.5, 0.6) is 5.75 Å². The van der Waals surface area contributed by atoms with Crippen LogP contribution in [0.4, 0.5) is 5.69 Å². The van der Waals surface area contributed by atoms with Gasteiger partial charge in [-0.05, 0) is 42.8 Å². The molecule has 0 unspecified atom stereocenters. The molecule has 0 spiro atoms. The van der Waals surface area contributed by atoms with Crippen LogP contribution in [0.3, 0.4) is 0 Å². The fourth-order valence-electron chi connectivity index (χ4n) is 2.44. The number of nitrogens with zero attached hydrogens (tertiary/aromatic N) is 2. The fourth-order valence-corrected chi connectivity index (χ4v) is 2.66. The van der Waals surface area contributed by atoms with Crippen LogP contribution in [0.25, 0.3) is 0 Å². The molecule has 25 heavy (non-hydrogen) atoms. The number of anilines is 1. The molecule has 0 aliphatic rings. The Bertz CT molecular complexity index is 846. The lowest BCUT2D eigenvalue weighted by Gasteiger charge is -2.13. The highest BCUT2D eigenvalue weighted by Crippen LogP contribution is 2.33. The van der Waals surface area contributed by atoms with E-state index >= 15 is 0 Å². The van der Waals surface area contributed by atoms with Crippen LogP contribution in [0.2, 0.25) is 5.02 Å². The minimum atomic E-state index is -0.214. The molecular weight excluding hydrogens is 338 g/mol. The van der Waals surface area contributed by atoms with Crippen LogP contribution in [-0.2, 0) is 6.54 Å². The monoisotopic (exact) mass is 355 g/mol. The van der Waals surface area contributed by atoms with Crippen molar-refractivity contribution in [2.45, 2.75) is 13.5 Å². The molecule has 5 nitrogen and oxygen atoms in total. The third-order valence-corrected chi connectivity index (χ3v) is 3.92. The van der Waals surface area contributed by atoms with Crippen LogP contribution in [0.15, 0.2) is 60.9 Å². The minimum Gasteiger partial charge on any atom is -0.490 e. The maximum Gasteiger partial charge on any atom is 0.255 e. The summed E-state index contributed by atoms with van der Waals surface area (Å²) >= 11 is 6.14. The highest BCUT2D eigenvalue weighted by Gasteiger charge is 2.12. The van der Waals surface area contributed by atoms with Crippen LogP contribution in [0.1, 0.15) is 22.8 Å². The van der Waals surface area contributed by atoms with Gasteiger partial charge in [0.25, 0.3) is 5.91 Å². The molecule has 0 aliphatic carbocycles. The van der Waals surface area contributed by atoms with Gasteiger partial charge in [-0.1, -0.05) is 29.8 Å². The second kappa shape index (κ2) is 7.85. The van der Waals surface area contributed by atoms with Gasteiger partial charge in [0.1, 0.15) is 0 Å². The molecule has 0 bridgehead atoms. The number of aromatic nitrogens is 2. The van der Waals surface area contributed by atoms with Gasteiger partial charge in [-0.25, -0.2) is 0 Å². The molecule has 128 valence electrons. The summed E-state index contributed by atoms with van der Waals surface area (Å²) < 4.78 is 7.35. The number of carbonyl (C=O) groups excluding carboxylic acids is 1. The third-order valence-electron chi connectivity index (χ3n) is 3.62. The van der Waals surface area contributed by atoms with Gasteiger partial charge in [0, 0.05) is 18.0 Å². The molecule has 0 aliphatic heterocycles. The van der Waals surface area contributed by atoms with Crippen molar-refractivity contribution >= 4 is 23.2 Å². The Labute approximate surface area is 151 Å². The molecule has 0 radical (unpaired) electrons. The number of para-hydroxylation sites is 1. The number of hydrogen-bond acceptors (Lipinski definition) is 3. The Morgan fingerprint density at radius 1 is 1.20 bits per heavy atom. The van der Waals surface area contributed by atoms with Gasteiger partial charge in [0.15, 0.2) is 5.75 Å². The van der Waals surface area contributed by atoms with Crippen molar-refractivity contribution in [3.63, 3.8) is 0 Å². The van der Waals surface area contributed by atoms with Gasteiger partial charge in [-0.15, -0.1) is 0 Å². The van der Waals surface area contributed by atoms with E-state index in [1.807, 2.05) is 36.0 Å². The minimum absolute atomic E-state index is 0.214. The summed E-state index contributed by atoms with van der Waals surface area (Å²) in [5, 5.41) is 7.49. The standard InChI is InChI=1S/C19H18ClN3O2/c1-2-25-18-16(20)5-3-6-17(18)22-19(24)15-9-7-14(8-10-15)13-23-12-4-11-21-23/h3-12H,2,13H2,1H3,(H,22,24). The van der Waals surface area contributed by atoms with Crippen molar-refractivity contribution in [2.24, 2.45) is 0 Å². The number of halogens is 1. The first-order chi connectivity index (χ1) is 12.2. The number of benzene rings is 2. The fraction of sp³-hybridized carbons (Fsp3) is 0.158. The van der Waals surface area contributed by atoms with E-state index in [9.17, 15) is 4.79 Å². The number of hydrogen-bond donors (Lipinski definition) is 1. The Balaban J connectivity index is 1.72. The molecule has 1 heterocycles. The van der Waals surface area contributed by atoms with Crippen molar-refractivity contribution in [3.05, 3.63) is 77.1 Å². The van der Waals surface area contributed by atoms with E-state index in [2.05, 4.69) is 10.4 Å². The molecule has 0 atom stereocenters. The zero-order valence-corrected chi connectivity index (χ0v) is 14.5. The van der Waals surface area contributed by atoms with E-state index in [4.69, 9.17) is 16.3 Å². The highest BCUT2D eigenvalue weighted by atomic mass is 35.5. The molecule has 3 rings (SSSR count). The van der Waals surface area contributed by atoms with Gasteiger partial charge in [-0.2, -0.15) is 5.10 Å². The van der Waals surface area contributed by atoms with Crippen LogP contribution in [0, 0.1) is 0 Å². The molecule has 1 amide bonds. The van der Waals surface area contributed by atoms with E-state index in [0.29, 0.717) is 35.2 Å². The SMILES string of the molecule is CCOc1c(Cl)cccc1NC(=O)c1ccc(Cn2cccn2)cc1. The number of amides is 1. The third kappa shape index (κ3) is 4.19. The normalized spacial score (nSPS) is 10.5. The zero-order valence-electron chi connectivity index (χ0n) is 13.8. The first-order valence-electron chi connectivity index (χ1n) is 7.96. The summed E-state index contributed by atoms with van der Waals surface area (Å²) in [6.07, 6.45) is 3.64. The van der Waals surface area contributed by atoms with E-state index in [1.54, 1.807) is 36.5 Å². The van der Waals surface area contributed by atoms with Gasteiger partial charge in [0.2, 0.25) is 0 Å². The predicted octanol–water partition coefficient (Wildman–Crippen LogP) is 4.24. The molecular formula is C19H18ClN3O2. The average molecular weight is 356 g/mol. The van der Waals surface area contributed by atoms with Crippen LogP contribution < -0.4 is 10.1 Å². The molecule has 0 saturated heterocycles. The van der Waals surface area contributed by atoms with E-state index in [1.165, 1.54) is 0 Å². The van der Waals surface area contributed by atoms with Crippen LogP contribution >= 0.6 is 11.6 Å². The number of ether oxygens (including phenoxy) is 1. The molecule has 1 aromatic heterocycles. The predicted molar refractivity (Wildman–Crippen MR) is 98.3 cm³/mol. The molecule has 2 aromatic carbocycles. The maximum absolute atomic E-state index is 12.5. The first-order valence-corrected chi connectivity index (χ1v) is 8.34. The lowest BCUT2D eigenvalue weighted by atomic mass is 10.1. The van der Waals surface area contributed by atoms with E-state index < -0.39 is 0 Å². The van der Waals surface area contributed by atoms with Crippen molar-refractivity contribution in [2.75, 3.05) is 11.9 Å². The zero-order chi connectivity index (χ0) is 17.6. The summed E-state index contributed by atoms with van der Waals surface area (Å²) in [6, 6.07) is 14.6. The van der Waals surface area contributed by atoms with Gasteiger partial charge >= 0.3 is 0 Å². The summed E-state index contributed by atoms with van der Waals surface area (Å²) in [5.41, 5.74) is 2.18. The van der Waals surface area contributed by atoms with Crippen LogP contribution in [-0.4, -0.2) is 22.3 Å². The Morgan fingerprint density at radius 2 is 2.00 bits per heavy atom. The molecule has 3 aromatic rings. The smallest absolute Gasteiger partial charge is 0.255 e. The van der Waals surface area contributed by atoms with Gasteiger partial charge in [0.05, 0.1) is 23.9 Å². The van der Waals surface area contributed by atoms with Crippen molar-refractivity contribution in [1.82, 2.24) is 9.78 Å². The molecule has 6 heteroatoms. The molecule has 0 saturated carbocycles. The van der Waals surface area contributed by atoms with E-state index in [-0.39, 0.29) is 5.91 Å². The average Bonchev–Trinajstić information content (AvgIpc) is 3.11. The number of nitrogens with one attached hydrogen (secondary N) is 1. The first kappa shape index (κ1) is 17.0. The second-order valence-corrected chi connectivity index (χ2v) is 5.81. The Kier molecular flexibility index (Phi) is 5.36. The maximum atomic E-state index is 12.5. The quantitative estimate of drug-likeness (QED) is 0.719. The summed E-state index contributed by atoms with van der Waals surface area (Å²) in [6.45, 7) is 3.00.